The van der Waals surface area contributed by atoms with Crippen LogP contribution in [0, 0.1) is 6.92 Å². The molecular formula is C17H21N3O2. The largest absolute Gasteiger partial charge is 0.365 e. The summed E-state index contributed by atoms with van der Waals surface area (Å²) in [5.74, 6) is 0.187. The molecule has 1 aromatic heterocycles. The lowest BCUT2D eigenvalue weighted by Gasteiger charge is -2.35. The van der Waals surface area contributed by atoms with Gasteiger partial charge < -0.3 is 9.88 Å². The highest BCUT2D eigenvalue weighted by Gasteiger charge is 2.20. The molecule has 0 aliphatic carbocycles. The molecule has 0 amide bonds. The van der Waals surface area contributed by atoms with Crippen molar-refractivity contribution in [2.75, 3.05) is 37.6 Å². The summed E-state index contributed by atoms with van der Waals surface area (Å²) in [5, 5.41) is 1.06. The highest BCUT2D eigenvalue weighted by Crippen LogP contribution is 2.20. The molecule has 2 aromatic rings. The molecule has 1 aromatic carbocycles. The summed E-state index contributed by atoms with van der Waals surface area (Å²) in [7, 11) is 0. The first kappa shape index (κ1) is 14.8. The van der Waals surface area contributed by atoms with Crippen molar-refractivity contribution < 1.29 is 4.79 Å². The van der Waals surface area contributed by atoms with Crippen LogP contribution in [0.5, 0.6) is 0 Å². The summed E-state index contributed by atoms with van der Waals surface area (Å²) in [6.45, 7) is 7.28. The Hall–Kier alpha value is -2.14. The number of Topliss-reactive ketones (excluding diaryl/α,β-unsaturated/α-hetero) is 1. The number of hydrogen-bond donors (Lipinski definition) is 1. The van der Waals surface area contributed by atoms with Crippen LogP contribution in [-0.2, 0) is 4.79 Å². The van der Waals surface area contributed by atoms with Crippen molar-refractivity contribution in [1.82, 2.24) is 9.88 Å². The molecule has 116 valence electrons. The van der Waals surface area contributed by atoms with Crippen LogP contribution in [-0.4, -0.2) is 48.4 Å². The number of aromatic nitrogens is 1. The van der Waals surface area contributed by atoms with Crippen LogP contribution >= 0.6 is 0 Å². The van der Waals surface area contributed by atoms with E-state index in [1.165, 1.54) is 0 Å². The van der Waals surface area contributed by atoms with Crippen molar-refractivity contribution in [3.05, 3.63) is 40.2 Å². The maximum atomic E-state index is 12.4. The second-order valence-corrected chi connectivity index (χ2v) is 5.99. The number of nitrogens with one attached hydrogen (secondary N) is 1. The molecule has 1 saturated heterocycles. The van der Waals surface area contributed by atoms with Gasteiger partial charge in [-0.15, -0.1) is 0 Å². The number of piperazine rings is 1. The molecule has 5 heteroatoms. The van der Waals surface area contributed by atoms with Crippen molar-refractivity contribution in [2.45, 2.75) is 13.8 Å². The Morgan fingerprint density at radius 3 is 2.64 bits per heavy atom. The van der Waals surface area contributed by atoms with Gasteiger partial charge in [0, 0.05) is 31.6 Å². The summed E-state index contributed by atoms with van der Waals surface area (Å²) < 4.78 is 0. The van der Waals surface area contributed by atoms with Gasteiger partial charge in [0.25, 0.3) is 5.56 Å². The van der Waals surface area contributed by atoms with Crippen LogP contribution in [0.3, 0.4) is 0 Å². The number of rotatable bonds is 3. The Balaban J connectivity index is 1.84. The molecule has 0 saturated carbocycles. The number of fused-ring (bicyclic) bond motifs is 1. The van der Waals surface area contributed by atoms with E-state index in [0.29, 0.717) is 6.54 Å². The lowest BCUT2D eigenvalue weighted by molar-refractivity contribution is -0.118. The van der Waals surface area contributed by atoms with E-state index in [1.807, 2.05) is 31.2 Å². The molecule has 5 nitrogen and oxygen atoms in total. The van der Waals surface area contributed by atoms with Crippen LogP contribution in [0.2, 0.25) is 0 Å². The highest BCUT2D eigenvalue weighted by atomic mass is 16.1. The monoisotopic (exact) mass is 299 g/mol. The minimum Gasteiger partial charge on any atom is -0.365 e. The third-order valence-electron chi connectivity index (χ3n) is 4.23. The van der Waals surface area contributed by atoms with E-state index in [-0.39, 0.29) is 11.3 Å². The van der Waals surface area contributed by atoms with Crippen LogP contribution in [0.4, 0.5) is 5.69 Å². The van der Waals surface area contributed by atoms with Gasteiger partial charge in [0.2, 0.25) is 0 Å². The first-order valence-corrected chi connectivity index (χ1v) is 7.64. The molecule has 0 unspecified atom stereocenters. The summed E-state index contributed by atoms with van der Waals surface area (Å²) in [6, 6.07) is 8.00. The fourth-order valence-electron chi connectivity index (χ4n) is 3.07. The maximum Gasteiger partial charge on any atom is 0.271 e. The van der Waals surface area contributed by atoms with E-state index >= 15 is 0 Å². The zero-order valence-electron chi connectivity index (χ0n) is 13.1. The number of aryl methyl sites for hydroxylation is 1. The van der Waals surface area contributed by atoms with Crippen molar-refractivity contribution >= 4 is 22.4 Å². The number of anilines is 1. The summed E-state index contributed by atoms with van der Waals surface area (Å²) in [4.78, 5) is 30.8. The topological polar surface area (TPSA) is 56.4 Å². The Labute approximate surface area is 129 Å². The number of pyridine rings is 1. The molecule has 0 radical (unpaired) electrons. The molecule has 1 aliphatic heterocycles. The zero-order valence-corrected chi connectivity index (χ0v) is 13.1. The molecule has 2 heterocycles. The van der Waals surface area contributed by atoms with Gasteiger partial charge in [-0.3, -0.25) is 14.5 Å². The van der Waals surface area contributed by atoms with Crippen LogP contribution in [0.25, 0.3) is 10.9 Å². The Bertz CT molecular complexity index is 758. The van der Waals surface area contributed by atoms with Crippen molar-refractivity contribution in [1.29, 1.82) is 0 Å². The zero-order chi connectivity index (χ0) is 15.7. The second-order valence-electron chi connectivity index (χ2n) is 5.99. The SMILES string of the molecule is CC(=O)CN1CCN(c2cc3cccc(C)c3[nH]c2=O)CC1. The molecule has 0 spiro atoms. The number of aromatic amines is 1. The lowest BCUT2D eigenvalue weighted by atomic mass is 10.1. The number of carbonyl (C=O) groups excluding carboxylic acids is 1. The molecule has 22 heavy (non-hydrogen) atoms. The van der Waals surface area contributed by atoms with Crippen LogP contribution in [0.15, 0.2) is 29.1 Å². The minimum absolute atomic E-state index is 0.0400. The molecular weight excluding hydrogens is 278 g/mol. The van der Waals surface area contributed by atoms with Crippen LogP contribution in [0.1, 0.15) is 12.5 Å². The molecule has 1 aliphatic rings. The normalized spacial score (nSPS) is 16.2. The fraction of sp³-hybridized carbons (Fsp3) is 0.412. The molecule has 1 fully saturated rings. The third kappa shape index (κ3) is 2.90. The van der Waals surface area contributed by atoms with Gasteiger partial charge in [0.05, 0.1) is 12.1 Å². The van der Waals surface area contributed by atoms with Gasteiger partial charge in [-0.2, -0.15) is 0 Å². The van der Waals surface area contributed by atoms with E-state index in [9.17, 15) is 9.59 Å². The van der Waals surface area contributed by atoms with E-state index in [1.54, 1.807) is 6.92 Å². The summed E-state index contributed by atoms with van der Waals surface area (Å²) in [5.41, 5.74) is 2.67. The standard InChI is InChI=1S/C17H21N3O2/c1-12-4-3-5-14-10-15(17(22)18-16(12)14)20-8-6-19(7-9-20)11-13(2)21/h3-5,10H,6-9,11H2,1-2H3,(H,18,22). The molecule has 3 rings (SSSR count). The fourth-order valence-corrected chi connectivity index (χ4v) is 3.07. The van der Waals surface area contributed by atoms with E-state index < -0.39 is 0 Å². The van der Waals surface area contributed by atoms with Crippen molar-refractivity contribution in [3.63, 3.8) is 0 Å². The third-order valence-corrected chi connectivity index (χ3v) is 4.23. The minimum atomic E-state index is -0.0400. The average molecular weight is 299 g/mol. The lowest BCUT2D eigenvalue weighted by Crippen LogP contribution is -2.49. The highest BCUT2D eigenvalue weighted by molar-refractivity contribution is 5.84. The summed E-state index contributed by atoms with van der Waals surface area (Å²) >= 11 is 0. The van der Waals surface area contributed by atoms with Gasteiger partial charge >= 0.3 is 0 Å². The van der Waals surface area contributed by atoms with Gasteiger partial charge in [0.1, 0.15) is 11.5 Å². The quantitative estimate of drug-likeness (QED) is 0.934. The smallest absolute Gasteiger partial charge is 0.271 e. The Kier molecular flexibility index (Phi) is 3.98. The first-order chi connectivity index (χ1) is 10.5. The number of nitrogens with zero attached hydrogens (tertiary/aromatic N) is 2. The predicted molar refractivity (Wildman–Crippen MR) is 88.6 cm³/mol. The number of hydrogen-bond acceptors (Lipinski definition) is 4. The van der Waals surface area contributed by atoms with E-state index in [2.05, 4.69) is 14.8 Å². The van der Waals surface area contributed by atoms with Gasteiger partial charge in [-0.25, -0.2) is 0 Å². The molecule has 1 N–H and O–H groups in total. The number of carbonyl (C=O) groups is 1. The van der Waals surface area contributed by atoms with Gasteiger partial charge in [-0.05, 0) is 25.5 Å². The predicted octanol–water partition coefficient (Wildman–Crippen LogP) is 1.55. The van der Waals surface area contributed by atoms with E-state index in [4.69, 9.17) is 0 Å². The van der Waals surface area contributed by atoms with E-state index in [0.717, 1.165) is 48.3 Å². The first-order valence-electron chi connectivity index (χ1n) is 7.64. The number of ketones is 1. The molecule has 0 bridgehead atoms. The number of benzene rings is 1. The Morgan fingerprint density at radius 2 is 1.95 bits per heavy atom. The Morgan fingerprint density at radius 1 is 1.23 bits per heavy atom. The van der Waals surface area contributed by atoms with Crippen molar-refractivity contribution in [3.8, 4) is 0 Å². The van der Waals surface area contributed by atoms with Crippen LogP contribution < -0.4 is 10.5 Å². The molecule has 0 atom stereocenters. The maximum absolute atomic E-state index is 12.4. The second kappa shape index (κ2) is 5.93. The van der Waals surface area contributed by atoms with Gasteiger partial charge in [-0.1, -0.05) is 18.2 Å². The summed E-state index contributed by atoms with van der Waals surface area (Å²) in [6.07, 6.45) is 0. The number of H-pyrrole nitrogens is 1. The average Bonchev–Trinajstić information content (AvgIpc) is 2.48. The van der Waals surface area contributed by atoms with Crippen molar-refractivity contribution in [2.24, 2.45) is 0 Å². The van der Waals surface area contributed by atoms with Gasteiger partial charge in [0.15, 0.2) is 0 Å². The number of para-hydroxylation sites is 1.